The van der Waals surface area contributed by atoms with Gasteiger partial charge in [0, 0.05) is 12.1 Å². The fraction of sp³-hybridized carbons (Fsp3) is 0.875. The molecule has 0 saturated carbocycles. The zero-order valence-electron chi connectivity index (χ0n) is 13.1. The van der Waals surface area contributed by atoms with Crippen LogP contribution in [0.5, 0.6) is 0 Å². The second-order valence-corrected chi connectivity index (χ2v) is 5.79. The molecule has 0 rings (SSSR count). The molecule has 0 saturated heterocycles. The Balaban J connectivity index is 4.65. The molecule has 17 heavy (non-hydrogen) atoms. The Morgan fingerprint density at radius 3 is 2.18 bits per heavy atom. The fourth-order valence-electron chi connectivity index (χ4n) is 2.40. The SMILES string of the molecule is C/C=C(\CC)C(C)NC(CCC)C(C)(C)CC. The van der Waals surface area contributed by atoms with Crippen molar-refractivity contribution in [2.75, 3.05) is 0 Å². The van der Waals surface area contributed by atoms with E-state index in [2.05, 4.69) is 59.9 Å². The van der Waals surface area contributed by atoms with Crippen molar-refractivity contribution in [1.82, 2.24) is 5.32 Å². The van der Waals surface area contributed by atoms with Gasteiger partial charge in [-0.25, -0.2) is 0 Å². The quantitative estimate of drug-likeness (QED) is 0.592. The van der Waals surface area contributed by atoms with Gasteiger partial charge in [-0.1, -0.05) is 52.7 Å². The molecule has 0 aliphatic carbocycles. The number of hydrogen-bond acceptors (Lipinski definition) is 1. The molecule has 0 bridgehead atoms. The van der Waals surface area contributed by atoms with Gasteiger partial charge in [0.2, 0.25) is 0 Å². The Labute approximate surface area is 109 Å². The minimum atomic E-state index is 0.386. The first-order chi connectivity index (χ1) is 7.92. The second-order valence-electron chi connectivity index (χ2n) is 5.79. The van der Waals surface area contributed by atoms with Gasteiger partial charge >= 0.3 is 0 Å². The molecule has 0 aliphatic rings. The number of nitrogens with one attached hydrogen (secondary N) is 1. The highest BCUT2D eigenvalue weighted by molar-refractivity contribution is 5.08. The van der Waals surface area contributed by atoms with Crippen molar-refractivity contribution in [1.29, 1.82) is 0 Å². The van der Waals surface area contributed by atoms with Crippen LogP contribution in [0.3, 0.4) is 0 Å². The Morgan fingerprint density at radius 1 is 1.24 bits per heavy atom. The summed E-state index contributed by atoms with van der Waals surface area (Å²) >= 11 is 0. The van der Waals surface area contributed by atoms with Crippen LogP contribution in [-0.4, -0.2) is 12.1 Å². The van der Waals surface area contributed by atoms with Crippen molar-refractivity contribution in [3.8, 4) is 0 Å². The van der Waals surface area contributed by atoms with Crippen molar-refractivity contribution in [3.63, 3.8) is 0 Å². The van der Waals surface area contributed by atoms with Crippen LogP contribution in [0.2, 0.25) is 0 Å². The number of allylic oxidation sites excluding steroid dienone is 1. The van der Waals surface area contributed by atoms with Crippen molar-refractivity contribution >= 4 is 0 Å². The molecule has 0 heterocycles. The number of rotatable bonds is 8. The largest absolute Gasteiger partial charge is 0.307 e. The molecule has 1 heteroatoms. The molecule has 1 nitrogen and oxygen atoms in total. The van der Waals surface area contributed by atoms with E-state index >= 15 is 0 Å². The molecular formula is C16H33N. The molecular weight excluding hydrogens is 206 g/mol. The first-order valence-electron chi connectivity index (χ1n) is 7.33. The third kappa shape index (κ3) is 5.25. The first kappa shape index (κ1) is 16.7. The van der Waals surface area contributed by atoms with E-state index in [1.54, 1.807) is 0 Å². The molecule has 102 valence electrons. The van der Waals surface area contributed by atoms with Gasteiger partial charge in [-0.15, -0.1) is 0 Å². The molecule has 0 amide bonds. The topological polar surface area (TPSA) is 12.0 Å². The van der Waals surface area contributed by atoms with Crippen LogP contribution >= 0.6 is 0 Å². The van der Waals surface area contributed by atoms with Gasteiger partial charge in [0.05, 0.1) is 0 Å². The minimum Gasteiger partial charge on any atom is -0.307 e. The summed E-state index contributed by atoms with van der Waals surface area (Å²) in [5.41, 5.74) is 1.91. The van der Waals surface area contributed by atoms with Crippen molar-refractivity contribution in [3.05, 3.63) is 11.6 Å². The summed E-state index contributed by atoms with van der Waals surface area (Å²) in [4.78, 5) is 0. The summed E-state index contributed by atoms with van der Waals surface area (Å²) in [6, 6.07) is 1.13. The van der Waals surface area contributed by atoms with E-state index in [0.717, 1.165) is 6.42 Å². The maximum Gasteiger partial charge on any atom is 0.0253 e. The normalized spacial score (nSPS) is 17.0. The van der Waals surface area contributed by atoms with Crippen LogP contribution in [-0.2, 0) is 0 Å². The lowest BCUT2D eigenvalue weighted by Gasteiger charge is -2.37. The maximum atomic E-state index is 3.84. The molecule has 1 N–H and O–H groups in total. The molecule has 0 aromatic heterocycles. The highest BCUT2D eigenvalue weighted by Crippen LogP contribution is 2.28. The van der Waals surface area contributed by atoms with Crippen LogP contribution in [0.25, 0.3) is 0 Å². The monoisotopic (exact) mass is 239 g/mol. The Bertz CT molecular complexity index is 228. The average Bonchev–Trinajstić information content (AvgIpc) is 2.30. The van der Waals surface area contributed by atoms with Crippen LogP contribution in [0.4, 0.5) is 0 Å². The molecule has 2 unspecified atom stereocenters. The highest BCUT2D eigenvalue weighted by atomic mass is 15.0. The van der Waals surface area contributed by atoms with E-state index in [-0.39, 0.29) is 0 Å². The highest BCUT2D eigenvalue weighted by Gasteiger charge is 2.28. The first-order valence-corrected chi connectivity index (χ1v) is 7.33. The number of hydrogen-bond donors (Lipinski definition) is 1. The zero-order chi connectivity index (χ0) is 13.5. The van der Waals surface area contributed by atoms with E-state index in [1.807, 2.05) is 0 Å². The van der Waals surface area contributed by atoms with Gasteiger partial charge < -0.3 is 5.32 Å². The van der Waals surface area contributed by atoms with E-state index in [9.17, 15) is 0 Å². The van der Waals surface area contributed by atoms with Crippen molar-refractivity contribution < 1.29 is 0 Å². The van der Waals surface area contributed by atoms with Gasteiger partial charge in [0.1, 0.15) is 0 Å². The van der Waals surface area contributed by atoms with Crippen LogP contribution in [0.15, 0.2) is 11.6 Å². The zero-order valence-corrected chi connectivity index (χ0v) is 13.1. The minimum absolute atomic E-state index is 0.386. The Kier molecular flexibility index (Phi) is 7.78. The Hall–Kier alpha value is -0.300. The summed E-state index contributed by atoms with van der Waals surface area (Å²) < 4.78 is 0. The van der Waals surface area contributed by atoms with Crippen LogP contribution in [0.1, 0.15) is 74.1 Å². The molecule has 0 spiro atoms. The average molecular weight is 239 g/mol. The molecule has 0 aromatic rings. The summed E-state index contributed by atoms with van der Waals surface area (Å²) in [6.45, 7) is 16.0. The van der Waals surface area contributed by atoms with Crippen LogP contribution in [0, 0.1) is 5.41 Å². The summed E-state index contributed by atoms with van der Waals surface area (Å²) in [6.07, 6.45) is 7.17. The summed E-state index contributed by atoms with van der Waals surface area (Å²) in [5.74, 6) is 0. The van der Waals surface area contributed by atoms with Crippen molar-refractivity contribution in [2.45, 2.75) is 86.2 Å². The van der Waals surface area contributed by atoms with Crippen molar-refractivity contribution in [2.24, 2.45) is 5.41 Å². The van der Waals surface area contributed by atoms with Gasteiger partial charge in [-0.3, -0.25) is 0 Å². The van der Waals surface area contributed by atoms with E-state index in [1.165, 1.54) is 24.8 Å². The predicted molar refractivity (Wildman–Crippen MR) is 79.4 cm³/mol. The van der Waals surface area contributed by atoms with Gasteiger partial charge in [0.15, 0.2) is 0 Å². The Morgan fingerprint density at radius 2 is 1.82 bits per heavy atom. The summed E-state index contributed by atoms with van der Waals surface area (Å²) in [5, 5.41) is 3.84. The smallest absolute Gasteiger partial charge is 0.0253 e. The molecule has 0 fully saturated rings. The van der Waals surface area contributed by atoms with Crippen LogP contribution < -0.4 is 5.32 Å². The lowest BCUT2D eigenvalue weighted by atomic mass is 9.79. The van der Waals surface area contributed by atoms with E-state index < -0.39 is 0 Å². The molecule has 0 radical (unpaired) electrons. The molecule has 2 atom stereocenters. The van der Waals surface area contributed by atoms with E-state index in [0.29, 0.717) is 17.5 Å². The van der Waals surface area contributed by atoms with Gasteiger partial charge in [0.25, 0.3) is 0 Å². The fourth-order valence-corrected chi connectivity index (χ4v) is 2.40. The molecule has 0 aliphatic heterocycles. The second kappa shape index (κ2) is 7.92. The van der Waals surface area contributed by atoms with Gasteiger partial charge in [-0.05, 0) is 38.5 Å². The lowest BCUT2D eigenvalue weighted by molar-refractivity contribution is 0.210. The van der Waals surface area contributed by atoms with Gasteiger partial charge in [-0.2, -0.15) is 0 Å². The lowest BCUT2D eigenvalue weighted by Crippen LogP contribution is -2.46. The third-order valence-corrected chi connectivity index (χ3v) is 4.22. The van der Waals surface area contributed by atoms with E-state index in [4.69, 9.17) is 0 Å². The standard InChI is InChI=1S/C16H33N/c1-8-12-15(16(6,7)11-4)17-13(5)14(9-2)10-3/h9,13,15,17H,8,10-12H2,1-7H3/b14-9+. The third-order valence-electron chi connectivity index (χ3n) is 4.22. The summed E-state index contributed by atoms with van der Waals surface area (Å²) in [7, 11) is 0. The predicted octanol–water partition coefficient (Wildman–Crippen LogP) is 4.93. The molecule has 0 aromatic carbocycles. The maximum absolute atomic E-state index is 3.84.